The number of ether oxygens (including phenoxy) is 3. The molecule has 23 heavy (non-hydrogen) atoms. The molecule has 2 aliphatic heterocycles. The van der Waals surface area contributed by atoms with Crippen LogP contribution in [-0.4, -0.2) is 44.1 Å². The van der Waals surface area contributed by atoms with Crippen molar-refractivity contribution in [2.75, 3.05) is 19.9 Å². The fourth-order valence-corrected chi connectivity index (χ4v) is 2.30. The Morgan fingerprint density at radius 2 is 2.13 bits per heavy atom. The maximum atomic E-state index is 11.6. The second kappa shape index (κ2) is 7.10. The zero-order valence-electron chi connectivity index (χ0n) is 12.4. The van der Waals surface area contributed by atoms with Crippen LogP contribution in [0.2, 0.25) is 0 Å². The van der Waals surface area contributed by atoms with E-state index in [0.29, 0.717) is 30.2 Å². The van der Waals surface area contributed by atoms with Gasteiger partial charge in [-0.3, -0.25) is 9.59 Å². The molecule has 1 saturated heterocycles. The molecule has 0 unspecified atom stereocenters. The van der Waals surface area contributed by atoms with Crippen molar-refractivity contribution in [3.8, 4) is 11.5 Å². The van der Waals surface area contributed by atoms with Crippen LogP contribution in [-0.2, 0) is 14.3 Å². The van der Waals surface area contributed by atoms with Gasteiger partial charge in [0.1, 0.15) is 0 Å². The largest absolute Gasteiger partial charge is 0.454 e. The third-order valence-corrected chi connectivity index (χ3v) is 3.50. The number of hydrogen-bond acceptors (Lipinski definition) is 6. The number of nitrogens with one attached hydrogen (secondary N) is 2. The molecule has 2 N–H and O–H groups in total. The molecule has 0 aromatic heterocycles. The lowest BCUT2D eigenvalue weighted by atomic mass is 10.2. The molecule has 2 heterocycles. The van der Waals surface area contributed by atoms with E-state index in [-0.39, 0.29) is 12.9 Å². The highest BCUT2D eigenvalue weighted by Gasteiger charge is 2.19. The van der Waals surface area contributed by atoms with Gasteiger partial charge in [0.25, 0.3) is 0 Å². The Bertz CT molecular complexity index is 626. The van der Waals surface area contributed by atoms with Crippen LogP contribution in [0.4, 0.5) is 0 Å². The minimum Gasteiger partial charge on any atom is -0.454 e. The molecule has 122 valence electrons. The van der Waals surface area contributed by atoms with E-state index in [4.69, 9.17) is 14.2 Å². The highest BCUT2D eigenvalue weighted by Crippen LogP contribution is 2.31. The highest BCUT2D eigenvalue weighted by atomic mass is 16.7. The van der Waals surface area contributed by atoms with Gasteiger partial charge >= 0.3 is 11.8 Å². The predicted octanol–water partition coefficient (Wildman–Crippen LogP) is 0.161. The number of hydrogen-bond donors (Lipinski definition) is 2. The van der Waals surface area contributed by atoms with Crippen molar-refractivity contribution in [2.45, 2.75) is 18.9 Å². The molecule has 1 atom stereocenters. The van der Waals surface area contributed by atoms with Gasteiger partial charge in [0.2, 0.25) is 6.79 Å². The molecule has 0 radical (unpaired) electrons. The van der Waals surface area contributed by atoms with Crippen molar-refractivity contribution < 1.29 is 23.8 Å². The molecule has 0 bridgehead atoms. The Morgan fingerprint density at radius 3 is 2.96 bits per heavy atom. The number of carbonyl (C=O) groups is 2. The summed E-state index contributed by atoms with van der Waals surface area (Å²) in [5, 5.41) is 6.28. The molecule has 8 heteroatoms. The van der Waals surface area contributed by atoms with E-state index in [9.17, 15) is 9.59 Å². The fraction of sp³-hybridized carbons (Fsp3) is 0.400. The Hall–Kier alpha value is -2.61. The van der Waals surface area contributed by atoms with Crippen molar-refractivity contribution in [2.24, 2.45) is 5.10 Å². The molecular weight excluding hydrogens is 302 g/mol. The summed E-state index contributed by atoms with van der Waals surface area (Å²) < 4.78 is 15.8. The third-order valence-electron chi connectivity index (χ3n) is 3.50. The van der Waals surface area contributed by atoms with Gasteiger partial charge in [-0.1, -0.05) is 0 Å². The van der Waals surface area contributed by atoms with Gasteiger partial charge in [-0.2, -0.15) is 5.10 Å². The van der Waals surface area contributed by atoms with Gasteiger partial charge in [-0.25, -0.2) is 5.43 Å². The van der Waals surface area contributed by atoms with Crippen LogP contribution in [0.1, 0.15) is 18.4 Å². The zero-order chi connectivity index (χ0) is 16.1. The average Bonchev–Trinajstić information content (AvgIpc) is 3.23. The van der Waals surface area contributed by atoms with Gasteiger partial charge in [0, 0.05) is 13.2 Å². The number of nitrogens with zero attached hydrogens (tertiary/aromatic N) is 1. The first kappa shape index (κ1) is 15.3. The number of benzene rings is 1. The summed E-state index contributed by atoms with van der Waals surface area (Å²) >= 11 is 0. The SMILES string of the molecule is O=C(NC[C@H]1CCCO1)C(=O)N/N=C\c1ccc2c(c1)OCO2. The summed E-state index contributed by atoms with van der Waals surface area (Å²) in [7, 11) is 0. The van der Waals surface area contributed by atoms with Gasteiger partial charge in [-0.05, 0) is 36.6 Å². The standard InChI is InChI=1S/C15H17N3O5/c19-14(16-8-11-2-1-5-21-11)15(20)18-17-7-10-3-4-12-13(6-10)23-9-22-12/h3-4,6-7,11H,1-2,5,8-9H2,(H,16,19)(H,18,20)/b17-7-/t11-/m1/s1. The summed E-state index contributed by atoms with van der Waals surface area (Å²) in [6.45, 7) is 1.22. The minimum atomic E-state index is -0.819. The Morgan fingerprint density at radius 1 is 1.26 bits per heavy atom. The van der Waals surface area contributed by atoms with Crippen molar-refractivity contribution in [1.29, 1.82) is 0 Å². The molecule has 1 aromatic carbocycles. The highest BCUT2D eigenvalue weighted by molar-refractivity contribution is 6.35. The summed E-state index contributed by atoms with van der Waals surface area (Å²) in [5.74, 6) is -0.266. The summed E-state index contributed by atoms with van der Waals surface area (Å²) in [6.07, 6.45) is 3.29. The van der Waals surface area contributed by atoms with Crippen LogP contribution < -0.4 is 20.2 Å². The molecule has 1 fully saturated rings. The topological polar surface area (TPSA) is 98.2 Å². The van der Waals surface area contributed by atoms with Crippen LogP contribution in [0, 0.1) is 0 Å². The lowest BCUT2D eigenvalue weighted by Gasteiger charge is -2.09. The normalized spacial score (nSPS) is 19.0. The zero-order valence-corrected chi connectivity index (χ0v) is 12.4. The smallest absolute Gasteiger partial charge is 0.329 e. The van der Waals surface area contributed by atoms with Crippen molar-refractivity contribution in [3.05, 3.63) is 23.8 Å². The van der Waals surface area contributed by atoms with E-state index in [1.807, 2.05) is 0 Å². The number of amides is 2. The maximum Gasteiger partial charge on any atom is 0.329 e. The Kier molecular flexibility index (Phi) is 4.72. The first-order valence-electron chi connectivity index (χ1n) is 7.35. The first-order chi connectivity index (χ1) is 11.2. The van der Waals surface area contributed by atoms with Crippen LogP contribution in [0.3, 0.4) is 0 Å². The molecule has 8 nitrogen and oxygen atoms in total. The number of rotatable bonds is 4. The van der Waals surface area contributed by atoms with Gasteiger partial charge in [-0.15, -0.1) is 0 Å². The molecule has 2 amide bonds. The molecule has 0 saturated carbocycles. The van der Waals surface area contributed by atoms with Gasteiger partial charge in [0.15, 0.2) is 11.5 Å². The summed E-state index contributed by atoms with van der Waals surface area (Å²) in [5.41, 5.74) is 2.90. The van der Waals surface area contributed by atoms with E-state index < -0.39 is 11.8 Å². The number of fused-ring (bicyclic) bond motifs is 1. The van der Waals surface area contributed by atoms with E-state index in [1.165, 1.54) is 6.21 Å². The van der Waals surface area contributed by atoms with E-state index in [0.717, 1.165) is 12.8 Å². The van der Waals surface area contributed by atoms with Crippen molar-refractivity contribution >= 4 is 18.0 Å². The molecule has 1 aromatic rings. The van der Waals surface area contributed by atoms with Crippen LogP contribution in [0.5, 0.6) is 11.5 Å². The maximum absolute atomic E-state index is 11.6. The Labute approximate surface area is 132 Å². The monoisotopic (exact) mass is 319 g/mol. The first-order valence-corrected chi connectivity index (χ1v) is 7.35. The molecule has 3 rings (SSSR count). The fourth-order valence-electron chi connectivity index (χ4n) is 2.30. The number of hydrazone groups is 1. The molecular formula is C15H17N3O5. The van der Waals surface area contributed by atoms with E-state index >= 15 is 0 Å². The Balaban J connectivity index is 1.45. The van der Waals surface area contributed by atoms with Gasteiger partial charge in [0.05, 0.1) is 12.3 Å². The van der Waals surface area contributed by atoms with Crippen molar-refractivity contribution in [3.63, 3.8) is 0 Å². The van der Waals surface area contributed by atoms with Gasteiger partial charge < -0.3 is 19.5 Å². The second-order valence-electron chi connectivity index (χ2n) is 5.16. The summed E-state index contributed by atoms with van der Waals surface area (Å²) in [6, 6.07) is 5.25. The van der Waals surface area contributed by atoms with E-state index in [2.05, 4.69) is 15.8 Å². The summed E-state index contributed by atoms with van der Waals surface area (Å²) in [4.78, 5) is 23.2. The lowest BCUT2D eigenvalue weighted by molar-refractivity contribution is -0.139. The van der Waals surface area contributed by atoms with E-state index in [1.54, 1.807) is 18.2 Å². The molecule has 0 aliphatic carbocycles. The predicted molar refractivity (Wildman–Crippen MR) is 80.3 cm³/mol. The molecule has 0 spiro atoms. The average molecular weight is 319 g/mol. The van der Waals surface area contributed by atoms with Crippen LogP contribution >= 0.6 is 0 Å². The quantitative estimate of drug-likeness (QED) is 0.468. The third kappa shape index (κ3) is 3.98. The van der Waals surface area contributed by atoms with Crippen LogP contribution in [0.25, 0.3) is 0 Å². The molecule has 2 aliphatic rings. The number of carbonyl (C=O) groups excluding carboxylic acids is 2. The second-order valence-corrected chi connectivity index (χ2v) is 5.16. The minimum absolute atomic E-state index is 0.0103. The lowest BCUT2D eigenvalue weighted by Crippen LogP contribution is -2.41. The van der Waals surface area contributed by atoms with Crippen molar-refractivity contribution in [1.82, 2.24) is 10.7 Å². The van der Waals surface area contributed by atoms with Crippen LogP contribution in [0.15, 0.2) is 23.3 Å².